The predicted octanol–water partition coefficient (Wildman–Crippen LogP) is -0.0431. The minimum Gasteiger partial charge on any atom is -0.478 e. The Morgan fingerprint density at radius 2 is 2.38 bits per heavy atom. The van der Waals surface area contributed by atoms with Gasteiger partial charge in [0.1, 0.15) is 11.5 Å². The Morgan fingerprint density at radius 1 is 1.69 bits per heavy atom. The van der Waals surface area contributed by atoms with E-state index < -0.39 is 0 Å². The van der Waals surface area contributed by atoms with Crippen LogP contribution in [0.25, 0.3) is 6.08 Å². The fourth-order valence-electron chi connectivity index (χ4n) is 0.982. The maximum Gasteiger partial charge on any atom is 0.278 e. The average molecular weight is 182 g/mol. The van der Waals surface area contributed by atoms with Gasteiger partial charge < -0.3 is 4.74 Å². The van der Waals surface area contributed by atoms with Crippen LogP contribution in [0.15, 0.2) is 4.79 Å². The van der Waals surface area contributed by atoms with Gasteiger partial charge >= 0.3 is 0 Å². The van der Waals surface area contributed by atoms with Crippen molar-refractivity contribution in [3.05, 3.63) is 15.9 Å². The molecule has 0 aliphatic heterocycles. The summed E-state index contributed by atoms with van der Waals surface area (Å²) in [6.07, 6.45) is 1.06. The molecule has 1 N–H and O–H groups in total. The molecule has 5 nitrogen and oxygen atoms in total. The van der Waals surface area contributed by atoms with Gasteiger partial charge in [-0.1, -0.05) is 0 Å². The van der Waals surface area contributed by atoms with Gasteiger partial charge in [-0.05, 0) is 6.92 Å². The third-order valence-electron chi connectivity index (χ3n) is 1.54. The second-order valence-electron chi connectivity index (χ2n) is 2.41. The lowest BCUT2D eigenvalue weighted by Crippen LogP contribution is -2.13. The van der Waals surface area contributed by atoms with Gasteiger partial charge in [0, 0.05) is 13.1 Å². The number of carbonyl (C=O) groups excluding carboxylic acids is 1. The third-order valence-corrected chi connectivity index (χ3v) is 1.54. The minimum absolute atomic E-state index is 0.208. The number of nitrogens with zero attached hydrogens (tertiary/aromatic N) is 1. The molecule has 0 amide bonds. The monoisotopic (exact) mass is 182 g/mol. The largest absolute Gasteiger partial charge is 0.478 e. The highest BCUT2D eigenvalue weighted by Gasteiger charge is 2.10. The van der Waals surface area contributed by atoms with Crippen molar-refractivity contribution in [3.63, 3.8) is 0 Å². The van der Waals surface area contributed by atoms with E-state index in [2.05, 4.69) is 5.10 Å². The van der Waals surface area contributed by atoms with E-state index in [4.69, 9.17) is 4.74 Å². The highest BCUT2D eigenvalue weighted by molar-refractivity contribution is 5.76. The van der Waals surface area contributed by atoms with Crippen molar-refractivity contribution in [2.45, 2.75) is 6.92 Å². The summed E-state index contributed by atoms with van der Waals surface area (Å²) in [4.78, 5) is 21.4. The molecule has 0 saturated heterocycles. The number of ether oxygens (including phenoxy) is 1. The molecular formula is C8H10N2O3. The summed E-state index contributed by atoms with van der Waals surface area (Å²) in [5, 5.41) is 2.67. The summed E-state index contributed by atoms with van der Waals surface area (Å²) in [5.74, 6) is 1.85. The summed E-state index contributed by atoms with van der Waals surface area (Å²) < 4.78 is 6.35. The Balaban J connectivity index is 3.26. The lowest BCUT2D eigenvalue weighted by Gasteiger charge is -1.97. The molecule has 0 aromatic carbocycles. The fourth-order valence-corrected chi connectivity index (χ4v) is 0.982. The van der Waals surface area contributed by atoms with E-state index >= 15 is 0 Å². The van der Waals surface area contributed by atoms with Crippen molar-refractivity contribution in [2.24, 2.45) is 7.05 Å². The summed E-state index contributed by atoms with van der Waals surface area (Å²) in [6.45, 7) is 2.22. The van der Waals surface area contributed by atoms with E-state index in [1.807, 2.05) is 0 Å². The number of aromatic amines is 1. The molecule has 1 aromatic heterocycles. The van der Waals surface area contributed by atoms with Crippen molar-refractivity contribution in [3.8, 4) is 5.88 Å². The summed E-state index contributed by atoms with van der Waals surface area (Å²) in [7, 11) is 1.55. The van der Waals surface area contributed by atoms with Crippen LogP contribution in [0, 0.1) is 0 Å². The molecule has 0 bridgehead atoms. The van der Waals surface area contributed by atoms with E-state index in [-0.39, 0.29) is 11.1 Å². The first-order valence-electron chi connectivity index (χ1n) is 3.83. The Hall–Kier alpha value is -1.74. The molecule has 5 heteroatoms. The third kappa shape index (κ3) is 1.71. The second-order valence-corrected chi connectivity index (χ2v) is 2.41. The number of rotatable bonds is 3. The lowest BCUT2D eigenvalue weighted by molar-refractivity contribution is 0.322. The smallest absolute Gasteiger partial charge is 0.278 e. The quantitative estimate of drug-likeness (QED) is 0.667. The molecule has 0 unspecified atom stereocenters. The topological polar surface area (TPSA) is 64.1 Å². The summed E-state index contributed by atoms with van der Waals surface area (Å²) >= 11 is 0. The number of H-pyrrole nitrogens is 1. The molecule has 1 heterocycles. The number of nitrogens with one attached hydrogen (secondary N) is 1. The SMILES string of the molecule is CCOc1[nH]n(C)c(=O)c1C=C=O. The first-order valence-corrected chi connectivity index (χ1v) is 3.83. The number of hydrogen-bond acceptors (Lipinski definition) is 3. The Kier molecular flexibility index (Phi) is 2.72. The van der Waals surface area contributed by atoms with Crippen molar-refractivity contribution in [1.29, 1.82) is 0 Å². The number of aryl methyl sites for hydroxylation is 1. The van der Waals surface area contributed by atoms with Gasteiger partial charge in [-0.15, -0.1) is 0 Å². The number of hydrogen-bond donors (Lipinski definition) is 1. The molecule has 1 aromatic rings. The maximum atomic E-state index is 11.3. The van der Waals surface area contributed by atoms with Gasteiger partial charge in [0.2, 0.25) is 5.88 Å². The molecule has 1 rings (SSSR count). The van der Waals surface area contributed by atoms with Crippen LogP contribution in [0.3, 0.4) is 0 Å². The standard InChI is InChI=1S/C8H10N2O3/c1-3-13-7-6(4-5-11)8(12)10(2)9-7/h4,9H,3H2,1-2H3. The lowest BCUT2D eigenvalue weighted by atomic mass is 10.3. The molecule has 0 radical (unpaired) electrons. The maximum absolute atomic E-state index is 11.3. The van der Waals surface area contributed by atoms with E-state index in [9.17, 15) is 9.59 Å². The van der Waals surface area contributed by atoms with Crippen molar-refractivity contribution < 1.29 is 9.53 Å². The van der Waals surface area contributed by atoms with Crippen molar-refractivity contribution in [2.75, 3.05) is 6.61 Å². The van der Waals surface area contributed by atoms with Crippen LogP contribution in [0.4, 0.5) is 0 Å². The van der Waals surface area contributed by atoms with E-state index in [0.29, 0.717) is 12.5 Å². The average Bonchev–Trinajstić information content (AvgIpc) is 2.34. The normalized spacial score (nSPS) is 9.38. The Labute approximate surface area is 74.6 Å². The fraction of sp³-hybridized carbons (Fsp3) is 0.375. The zero-order chi connectivity index (χ0) is 9.84. The molecule has 70 valence electrons. The molecule has 0 saturated carbocycles. The van der Waals surface area contributed by atoms with Gasteiger partial charge in [-0.2, -0.15) is 0 Å². The van der Waals surface area contributed by atoms with Crippen LogP contribution in [-0.2, 0) is 11.8 Å². The zero-order valence-corrected chi connectivity index (χ0v) is 7.46. The van der Waals surface area contributed by atoms with Gasteiger partial charge in [-0.3, -0.25) is 14.6 Å². The number of aromatic nitrogens is 2. The van der Waals surface area contributed by atoms with Crippen LogP contribution in [0.2, 0.25) is 0 Å². The highest BCUT2D eigenvalue weighted by atomic mass is 16.5. The molecular weight excluding hydrogens is 172 g/mol. The van der Waals surface area contributed by atoms with Crippen molar-refractivity contribution >= 4 is 12.0 Å². The Bertz CT molecular complexity index is 396. The van der Waals surface area contributed by atoms with E-state index in [1.165, 1.54) is 4.68 Å². The highest BCUT2D eigenvalue weighted by Crippen LogP contribution is 2.10. The van der Waals surface area contributed by atoms with Gasteiger partial charge in [0.25, 0.3) is 5.56 Å². The molecule has 13 heavy (non-hydrogen) atoms. The molecule has 0 aliphatic carbocycles. The molecule has 0 fully saturated rings. The zero-order valence-electron chi connectivity index (χ0n) is 7.46. The first kappa shape index (κ1) is 9.35. The van der Waals surface area contributed by atoms with Gasteiger partial charge in [-0.25, -0.2) is 4.79 Å². The van der Waals surface area contributed by atoms with Crippen LogP contribution in [-0.4, -0.2) is 22.3 Å². The van der Waals surface area contributed by atoms with Gasteiger partial charge in [0.05, 0.1) is 6.61 Å². The first-order chi connectivity index (χ1) is 6.20. The molecule has 0 spiro atoms. The van der Waals surface area contributed by atoms with Crippen LogP contribution in [0.5, 0.6) is 5.88 Å². The second kappa shape index (κ2) is 3.78. The van der Waals surface area contributed by atoms with E-state index in [0.717, 1.165) is 6.08 Å². The summed E-state index contributed by atoms with van der Waals surface area (Å²) in [5.41, 5.74) is -0.0915. The summed E-state index contributed by atoms with van der Waals surface area (Å²) in [6, 6.07) is 0. The minimum atomic E-state index is -0.299. The van der Waals surface area contributed by atoms with Crippen molar-refractivity contribution in [1.82, 2.24) is 9.78 Å². The molecule has 0 aliphatic rings. The van der Waals surface area contributed by atoms with Crippen LogP contribution < -0.4 is 10.3 Å². The predicted molar refractivity (Wildman–Crippen MR) is 47.4 cm³/mol. The molecule has 0 atom stereocenters. The Morgan fingerprint density at radius 3 is 2.92 bits per heavy atom. The van der Waals surface area contributed by atoms with Crippen LogP contribution in [0.1, 0.15) is 12.5 Å². The van der Waals surface area contributed by atoms with E-state index in [1.54, 1.807) is 19.9 Å². The van der Waals surface area contributed by atoms with Gasteiger partial charge in [0.15, 0.2) is 0 Å². The van der Waals surface area contributed by atoms with Crippen LogP contribution >= 0.6 is 0 Å².